The van der Waals surface area contributed by atoms with Gasteiger partial charge in [0.25, 0.3) is 0 Å². The molecule has 4 nitrogen and oxygen atoms in total. The largest absolute Gasteiger partial charge is 0.307 e. The summed E-state index contributed by atoms with van der Waals surface area (Å²) in [5.74, 6) is 0. The first-order valence-corrected chi connectivity index (χ1v) is 10.4. The van der Waals surface area contributed by atoms with Crippen molar-refractivity contribution >= 4 is 64.0 Å². The number of benzene rings is 2. The summed E-state index contributed by atoms with van der Waals surface area (Å²) < 4.78 is 0. The molecule has 0 amide bonds. The van der Waals surface area contributed by atoms with Crippen LogP contribution in [0, 0.1) is 0 Å². The predicted molar refractivity (Wildman–Crippen MR) is 127 cm³/mol. The van der Waals surface area contributed by atoms with E-state index in [4.69, 9.17) is 51.4 Å². The molecule has 2 aromatic carbocycles. The maximum atomic E-state index is 6.18. The van der Waals surface area contributed by atoms with Crippen molar-refractivity contribution in [3.05, 3.63) is 104 Å². The van der Waals surface area contributed by atoms with Crippen molar-refractivity contribution in [2.45, 2.75) is 6.29 Å². The second kappa shape index (κ2) is 9.19. The molecule has 1 aliphatic heterocycles. The fraction of sp³-hybridized carbons (Fsp3) is 0.0455. The maximum absolute atomic E-state index is 6.18. The van der Waals surface area contributed by atoms with Crippen LogP contribution in [0.3, 0.4) is 0 Å². The van der Waals surface area contributed by atoms with Gasteiger partial charge in [-0.1, -0.05) is 58.5 Å². The molecule has 0 fully saturated rings. The van der Waals surface area contributed by atoms with Gasteiger partial charge in [0.05, 0.1) is 25.8 Å². The van der Waals surface area contributed by atoms with Gasteiger partial charge in [-0.25, -0.2) is 9.98 Å². The van der Waals surface area contributed by atoms with Crippen molar-refractivity contribution in [3.8, 4) is 0 Å². The van der Waals surface area contributed by atoms with E-state index in [1.807, 2.05) is 41.4 Å². The zero-order chi connectivity index (χ0) is 21.1. The zero-order valence-electron chi connectivity index (χ0n) is 15.4. The molecule has 3 aromatic rings. The van der Waals surface area contributed by atoms with Crippen LogP contribution in [0.4, 0.5) is 5.69 Å². The summed E-state index contributed by atoms with van der Waals surface area (Å²) >= 11 is 24.3. The molecule has 1 aliphatic rings. The third-order valence-electron chi connectivity index (χ3n) is 4.37. The lowest BCUT2D eigenvalue weighted by molar-refractivity contribution is 0.713. The first-order valence-electron chi connectivity index (χ1n) is 8.89. The van der Waals surface area contributed by atoms with Gasteiger partial charge in [-0.2, -0.15) is 0 Å². The molecule has 0 bridgehead atoms. The number of hydrogen-bond donors (Lipinski definition) is 0. The Morgan fingerprint density at radius 2 is 1.53 bits per heavy atom. The molecule has 1 atom stereocenters. The van der Waals surface area contributed by atoms with Crippen LogP contribution in [0.15, 0.2) is 83.2 Å². The Balaban J connectivity index is 1.70. The van der Waals surface area contributed by atoms with Crippen LogP contribution in [0.2, 0.25) is 20.1 Å². The highest BCUT2D eigenvalue weighted by Gasteiger charge is 2.20. The minimum atomic E-state index is -0.531. The van der Waals surface area contributed by atoms with E-state index in [9.17, 15) is 0 Å². The molecule has 1 aromatic heterocycles. The maximum Gasteiger partial charge on any atom is 0.220 e. The Morgan fingerprint density at radius 1 is 0.833 bits per heavy atom. The van der Waals surface area contributed by atoms with E-state index in [2.05, 4.69) is 9.98 Å². The standard InChI is InChI=1S/C22H14Cl4N4/c23-17-3-1-14(11-19(17)25)13-28-22-29-21(15-2-4-18(24)20(26)12-15)7-10-30(22)16-5-8-27-9-6-16/h1-13,22H. The molecular weight excluding hydrogens is 462 g/mol. The predicted octanol–water partition coefficient (Wildman–Crippen LogP) is 6.92. The molecule has 0 spiro atoms. The third kappa shape index (κ3) is 4.68. The highest BCUT2D eigenvalue weighted by Crippen LogP contribution is 2.27. The molecule has 4 rings (SSSR count). The van der Waals surface area contributed by atoms with Crippen LogP contribution >= 0.6 is 46.4 Å². The van der Waals surface area contributed by atoms with Crippen LogP contribution in [0.25, 0.3) is 0 Å². The Kier molecular flexibility index (Phi) is 6.40. The van der Waals surface area contributed by atoms with Crippen LogP contribution in [0.5, 0.6) is 0 Å². The van der Waals surface area contributed by atoms with Crippen molar-refractivity contribution in [1.29, 1.82) is 0 Å². The summed E-state index contributed by atoms with van der Waals surface area (Å²) in [6.45, 7) is 0. The van der Waals surface area contributed by atoms with Gasteiger partial charge in [-0.15, -0.1) is 0 Å². The molecule has 8 heteroatoms. The van der Waals surface area contributed by atoms with Crippen LogP contribution in [-0.4, -0.2) is 23.2 Å². The van der Waals surface area contributed by atoms with E-state index < -0.39 is 6.29 Å². The Labute approximate surface area is 194 Å². The second-order valence-corrected chi connectivity index (χ2v) is 8.00. The summed E-state index contributed by atoms with van der Waals surface area (Å²) in [4.78, 5) is 15.5. The van der Waals surface area contributed by atoms with Crippen molar-refractivity contribution in [2.24, 2.45) is 9.98 Å². The molecule has 0 radical (unpaired) electrons. The minimum absolute atomic E-state index is 0.468. The van der Waals surface area contributed by atoms with Gasteiger partial charge in [0, 0.05) is 36.1 Å². The highest BCUT2D eigenvalue weighted by atomic mass is 35.5. The number of anilines is 1. The topological polar surface area (TPSA) is 40.9 Å². The number of aliphatic imine (C=N–C) groups is 2. The first-order chi connectivity index (χ1) is 14.5. The summed E-state index contributed by atoms with van der Waals surface area (Å²) in [6, 6.07) is 14.5. The van der Waals surface area contributed by atoms with Crippen molar-refractivity contribution in [3.63, 3.8) is 0 Å². The van der Waals surface area contributed by atoms with E-state index in [0.29, 0.717) is 20.1 Å². The van der Waals surface area contributed by atoms with Crippen molar-refractivity contribution < 1.29 is 0 Å². The van der Waals surface area contributed by atoms with E-state index in [0.717, 1.165) is 22.5 Å². The van der Waals surface area contributed by atoms with E-state index in [1.165, 1.54) is 0 Å². The monoisotopic (exact) mass is 474 g/mol. The van der Waals surface area contributed by atoms with Crippen LogP contribution < -0.4 is 4.90 Å². The lowest BCUT2D eigenvalue weighted by Gasteiger charge is -2.28. The number of allylic oxidation sites excluding steroid dienone is 1. The molecule has 0 N–H and O–H groups in total. The Morgan fingerprint density at radius 3 is 2.23 bits per heavy atom. The first kappa shape index (κ1) is 20.9. The number of halogens is 4. The summed E-state index contributed by atoms with van der Waals surface area (Å²) in [6.07, 6.45) is 8.47. The molecular formula is C22H14Cl4N4. The molecule has 150 valence electrons. The molecule has 2 heterocycles. The van der Waals surface area contributed by atoms with Gasteiger partial charge in [0.2, 0.25) is 6.29 Å². The van der Waals surface area contributed by atoms with Gasteiger partial charge in [0.15, 0.2) is 0 Å². The van der Waals surface area contributed by atoms with Gasteiger partial charge < -0.3 is 4.90 Å². The number of pyridine rings is 1. The second-order valence-electron chi connectivity index (χ2n) is 6.37. The number of rotatable bonds is 4. The average Bonchev–Trinajstić information content (AvgIpc) is 2.77. The van der Waals surface area contributed by atoms with Crippen molar-refractivity contribution in [2.75, 3.05) is 4.90 Å². The van der Waals surface area contributed by atoms with Gasteiger partial charge in [-0.05, 0) is 48.0 Å². The van der Waals surface area contributed by atoms with E-state index >= 15 is 0 Å². The van der Waals surface area contributed by atoms with Crippen molar-refractivity contribution in [1.82, 2.24) is 4.98 Å². The van der Waals surface area contributed by atoms with Crippen LogP contribution in [0.1, 0.15) is 11.1 Å². The van der Waals surface area contributed by atoms with Gasteiger partial charge in [0.1, 0.15) is 0 Å². The smallest absolute Gasteiger partial charge is 0.220 e. The normalized spacial score (nSPS) is 16.2. The average molecular weight is 476 g/mol. The highest BCUT2D eigenvalue weighted by molar-refractivity contribution is 6.42. The zero-order valence-corrected chi connectivity index (χ0v) is 18.4. The molecule has 1 unspecified atom stereocenters. The lowest BCUT2D eigenvalue weighted by Crippen LogP contribution is -2.31. The molecule has 0 aliphatic carbocycles. The third-order valence-corrected chi connectivity index (χ3v) is 5.85. The van der Waals surface area contributed by atoms with Gasteiger partial charge in [-0.3, -0.25) is 4.98 Å². The number of nitrogens with zero attached hydrogens (tertiary/aromatic N) is 4. The fourth-order valence-corrected chi connectivity index (χ4v) is 3.47. The van der Waals surface area contributed by atoms with E-state index in [1.54, 1.807) is 42.9 Å². The summed E-state index contributed by atoms with van der Waals surface area (Å²) in [7, 11) is 0. The number of hydrogen-bond acceptors (Lipinski definition) is 4. The fourth-order valence-electron chi connectivity index (χ4n) is 2.87. The SMILES string of the molecule is Clc1ccc(C=NC2N=C(c3ccc(Cl)c(Cl)c3)C=CN2c2ccncc2)cc1Cl. The van der Waals surface area contributed by atoms with Crippen LogP contribution in [-0.2, 0) is 0 Å². The number of aromatic nitrogens is 1. The summed E-state index contributed by atoms with van der Waals surface area (Å²) in [5.41, 5.74) is 3.33. The van der Waals surface area contributed by atoms with E-state index in [-0.39, 0.29) is 0 Å². The lowest BCUT2D eigenvalue weighted by atomic mass is 10.1. The molecule has 0 saturated carbocycles. The minimum Gasteiger partial charge on any atom is -0.307 e. The Hall–Kier alpha value is -2.37. The van der Waals surface area contributed by atoms with Gasteiger partial charge >= 0.3 is 0 Å². The quantitative estimate of drug-likeness (QED) is 0.384. The molecule has 0 saturated heterocycles. The Bertz CT molecular complexity index is 1160. The molecule has 30 heavy (non-hydrogen) atoms. The summed E-state index contributed by atoms with van der Waals surface area (Å²) in [5, 5.41) is 1.92.